The lowest BCUT2D eigenvalue weighted by Gasteiger charge is -2.05. The molecule has 0 aliphatic rings. The van der Waals surface area contributed by atoms with Gasteiger partial charge in [-0.15, -0.1) is 0 Å². The van der Waals surface area contributed by atoms with Crippen molar-refractivity contribution in [2.24, 2.45) is 0 Å². The summed E-state index contributed by atoms with van der Waals surface area (Å²) in [5, 5.41) is 8.44. The normalized spacial score (nSPS) is 10.0. The van der Waals surface area contributed by atoms with Crippen LogP contribution in [0.1, 0.15) is 78.1 Å². The summed E-state index contributed by atoms with van der Waals surface area (Å²) >= 11 is 0. The van der Waals surface area contributed by atoms with E-state index in [-0.39, 0.29) is 11.5 Å². The average Bonchev–Trinajstić information content (AvgIpc) is 2.69. The fraction of sp³-hybridized carbons (Fsp3) is 0.609. The first kappa shape index (κ1) is 28.8. The lowest BCUT2D eigenvalue weighted by atomic mass is 10.1. The molecule has 0 fully saturated rings. The predicted octanol–water partition coefficient (Wildman–Crippen LogP) is 5.38. The fourth-order valence-electron chi connectivity index (χ4n) is 2.26. The first-order valence-electron chi connectivity index (χ1n) is 10.3. The van der Waals surface area contributed by atoms with Crippen LogP contribution in [-0.2, 0) is 23.9 Å². The van der Waals surface area contributed by atoms with Crippen molar-refractivity contribution in [3.63, 3.8) is 0 Å². The molecule has 166 valence electrons. The minimum Gasteiger partial charge on any atom is -0.478 e. The van der Waals surface area contributed by atoms with Crippen LogP contribution in [0.2, 0.25) is 0 Å². The van der Waals surface area contributed by atoms with Crippen molar-refractivity contribution in [2.45, 2.75) is 78.1 Å². The summed E-state index contributed by atoms with van der Waals surface area (Å²) < 4.78 is 9.30. The number of hydrogen-bond donors (Lipinski definition) is 1. The van der Waals surface area contributed by atoms with Gasteiger partial charge in [-0.25, -0.2) is 14.4 Å². The van der Waals surface area contributed by atoms with E-state index < -0.39 is 11.9 Å². The van der Waals surface area contributed by atoms with Crippen LogP contribution in [0.25, 0.3) is 0 Å². The maximum absolute atomic E-state index is 11.4. The lowest BCUT2D eigenvalue weighted by molar-refractivity contribution is -0.139. The Bertz CT molecular complexity index is 533. The highest BCUT2D eigenvalue weighted by atomic mass is 16.5. The van der Waals surface area contributed by atoms with Crippen LogP contribution in [0, 0.1) is 0 Å². The van der Waals surface area contributed by atoms with Crippen LogP contribution in [-0.4, -0.2) is 36.7 Å². The van der Waals surface area contributed by atoms with Crippen LogP contribution >= 0.6 is 0 Å². The van der Waals surface area contributed by atoms with E-state index in [2.05, 4.69) is 24.8 Å². The van der Waals surface area contributed by atoms with Gasteiger partial charge in [-0.1, -0.05) is 77.9 Å². The van der Waals surface area contributed by atoms with Gasteiger partial charge in [0.15, 0.2) is 0 Å². The van der Waals surface area contributed by atoms with Crippen molar-refractivity contribution in [3.05, 3.63) is 36.5 Å². The number of esters is 2. The number of carbonyl (C=O) groups is 3. The number of ether oxygens (including phenoxy) is 2. The molecule has 0 saturated heterocycles. The summed E-state index contributed by atoms with van der Waals surface area (Å²) in [7, 11) is 1.33. The predicted molar refractivity (Wildman–Crippen MR) is 116 cm³/mol. The number of aliphatic carboxylic acids is 1. The first-order valence-corrected chi connectivity index (χ1v) is 10.3. The first-order chi connectivity index (χ1) is 13.8. The molecule has 0 amide bonds. The monoisotopic (exact) mass is 410 g/mol. The molecule has 0 atom stereocenters. The number of unbranched alkanes of at least 4 members (excludes halogenated alkanes) is 9. The highest BCUT2D eigenvalue weighted by Crippen LogP contribution is 2.10. The standard InChI is InChI=1S/C18H30O4.C5H8O2/c1-3-4-5-6-7-8-9-10-11-12-15-22-18(21)16(2)13-14-17(19)20;1-4(2)5(6)7-3/h13-14H,2-12,15H2,1H3,(H,19,20);1H2,2-3H3. The molecular weight excluding hydrogens is 372 g/mol. The zero-order chi connectivity index (χ0) is 22.5. The summed E-state index contributed by atoms with van der Waals surface area (Å²) in [6.07, 6.45) is 14.3. The van der Waals surface area contributed by atoms with Crippen molar-refractivity contribution in [3.8, 4) is 0 Å². The van der Waals surface area contributed by atoms with Crippen LogP contribution in [0.4, 0.5) is 0 Å². The van der Waals surface area contributed by atoms with Gasteiger partial charge in [0.2, 0.25) is 0 Å². The maximum Gasteiger partial charge on any atom is 0.337 e. The molecule has 0 aromatic heterocycles. The van der Waals surface area contributed by atoms with E-state index >= 15 is 0 Å². The Morgan fingerprint density at radius 3 is 1.69 bits per heavy atom. The smallest absolute Gasteiger partial charge is 0.337 e. The van der Waals surface area contributed by atoms with Crippen molar-refractivity contribution in [1.29, 1.82) is 0 Å². The molecule has 0 saturated carbocycles. The molecule has 0 spiro atoms. The van der Waals surface area contributed by atoms with E-state index in [0.29, 0.717) is 12.2 Å². The molecule has 6 heteroatoms. The van der Waals surface area contributed by atoms with Gasteiger partial charge >= 0.3 is 17.9 Å². The molecule has 6 nitrogen and oxygen atoms in total. The summed E-state index contributed by atoms with van der Waals surface area (Å²) in [6, 6.07) is 0. The lowest BCUT2D eigenvalue weighted by Crippen LogP contribution is -2.07. The molecule has 0 aromatic rings. The topological polar surface area (TPSA) is 89.9 Å². The minimum absolute atomic E-state index is 0.0643. The SMILES string of the molecule is C=C(C)C(=O)OC.C=C(C=CC(=O)O)C(=O)OCCCCCCCCCCCC. The Hall–Kier alpha value is -2.37. The summed E-state index contributed by atoms with van der Waals surface area (Å²) in [5.41, 5.74) is 0.497. The van der Waals surface area contributed by atoms with Gasteiger partial charge in [-0.2, -0.15) is 0 Å². The van der Waals surface area contributed by atoms with E-state index in [1.54, 1.807) is 6.92 Å². The van der Waals surface area contributed by atoms with Gasteiger partial charge in [-0.3, -0.25) is 0 Å². The highest BCUT2D eigenvalue weighted by Gasteiger charge is 2.05. The molecule has 0 aliphatic carbocycles. The Labute approximate surface area is 175 Å². The minimum atomic E-state index is -1.11. The van der Waals surface area contributed by atoms with Gasteiger partial charge in [0.1, 0.15) is 0 Å². The second kappa shape index (κ2) is 20.4. The average molecular weight is 411 g/mol. The van der Waals surface area contributed by atoms with Gasteiger partial charge in [0, 0.05) is 11.6 Å². The number of carbonyl (C=O) groups excluding carboxylic acids is 2. The third-order valence-electron chi connectivity index (χ3n) is 3.95. The third kappa shape index (κ3) is 21.8. The molecule has 0 aliphatic heterocycles. The molecule has 1 N–H and O–H groups in total. The van der Waals surface area contributed by atoms with Crippen LogP contribution in [0.5, 0.6) is 0 Å². The van der Waals surface area contributed by atoms with Crippen molar-refractivity contribution < 1.29 is 29.0 Å². The Kier molecular flexibility index (Phi) is 20.3. The summed E-state index contributed by atoms with van der Waals surface area (Å²) in [5.74, 6) is -2.00. The van der Waals surface area contributed by atoms with Crippen molar-refractivity contribution in [2.75, 3.05) is 13.7 Å². The van der Waals surface area contributed by atoms with E-state index in [9.17, 15) is 14.4 Å². The summed E-state index contributed by atoms with van der Waals surface area (Å²) in [6.45, 7) is 11.0. The largest absolute Gasteiger partial charge is 0.478 e. The number of methoxy groups -OCH3 is 1. The van der Waals surface area contributed by atoms with Crippen LogP contribution in [0.3, 0.4) is 0 Å². The molecular formula is C23H38O6. The quantitative estimate of drug-likeness (QED) is 0.169. The molecule has 29 heavy (non-hydrogen) atoms. The molecule has 0 heterocycles. The number of carboxylic acids is 1. The van der Waals surface area contributed by atoms with Gasteiger partial charge < -0.3 is 14.6 Å². The molecule has 0 radical (unpaired) electrons. The molecule has 0 unspecified atom stereocenters. The zero-order valence-electron chi connectivity index (χ0n) is 18.3. The highest BCUT2D eigenvalue weighted by molar-refractivity contribution is 5.93. The molecule has 0 bridgehead atoms. The Morgan fingerprint density at radius 1 is 0.828 bits per heavy atom. The van der Waals surface area contributed by atoms with E-state index in [1.165, 1.54) is 58.5 Å². The van der Waals surface area contributed by atoms with Crippen LogP contribution < -0.4 is 0 Å². The Morgan fingerprint density at radius 2 is 1.31 bits per heavy atom. The van der Waals surface area contributed by atoms with Crippen molar-refractivity contribution >= 4 is 17.9 Å². The Balaban J connectivity index is 0. The second-order valence-corrected chi connectivity index (χ2v) is 6.79. The zero-order valence-corrected chi connectivity index (χ0v) is 18.3. The second-order valence-electron chi connectivity index (χ2n) is 6.79. The van der Waals surface area contributed by atoms with Gasteiger partial charge in [0.25, 0.3) is 0 Å². The maximum atomic E-state index is 11.4. The number of carboxylic acid groups (broad SMARTS) is 1. The number of rotatable bonds is 15. The van der Waals surface area contributed by atoms with Gasteiger partial charge in [-0.05, 0) is 19.4 Å². The molecule has 0 rings (SSSR count). The third-order valence-corrected chi connectivity index (χ3v) is 3.95. The van der Waals surface area contributed by atoms with E-state index in [4.69, 9.17) is 9.84 Å². The summed E-state index contributed by atoms with van der Waals surface area (Å²) in [4.78, 5) is 31.9. The number of hydrogen-bond acceptors (Lipinski definition) is 5. The van der Waals surface area contributed by atoms with Crippen molar-refractivity contribution in [1.82, 2.24) is 0 Å². The fourth-order valence-corrected chi connectivity index (χ4v) is 2.26. The van der Waals surface area contributed by atoms with E-state index in [0.717, 1.165) is 25.0 Å². The molecule has 0 aromatic carbocycles. The van der Waals surface area contributed by atoms with Gasteiger partial charge in [0.05, 0.1) is 19.3 Å². The van der Waals surface area contributed by atoms with E-state index in [1.807, 2.05) is 0 Å². The van der Waals surface area contributed by atoms with Crippen LogP contribution in [0.15, 0.2) is 36.5 Å².